The lowest BCUT2D eigenvalue weighted by Crippen LogP contribution is -2.63. The Morgan fingerprint density at radius 3 is 2.44 bits per heavy atom. The van der Waals surface area contributed by atoms with Gasteiger partial charge in [0.2, 0.25) is 0 Å². The van der Waals surface area contributed by atoms with Crippen LogP contribution in [0.4, 0.5) is 10.5 Å². The topological polar surface area (TPSA) is 55.2 Å². The maximum Gasteiger partial charge on any atom is 0.431 e. The predicted octanol–water partition coefficient (Wildman–Crippen LogP) is 6.11. The minimum absolute atomic E-state index is 0.0638. The number of aryl methyl sites for hydroxylation is 1. The molecule has 36 heavy (non-hydrogen) atoms. The highest BCUT2D eigenvalue weighted by Crippen LogP contribution is 2.36. The van der Waals surface area contributed by atoms with Crippen molar-refractivity contribution in [1.82, 2.24) is 9.55 Å². The molecule has 1 aliphatic heterocycles. The van der Waals surface area contributed by atoms with E-state index in [9.17, 15) is 9.59 Å². The number of rotatable bonds is 5. The molecule has 0 N–H and O–H groups in total. The summed E-state index contributed by atoms with van der Waals surface area (Å²) in [6, 6.07) is 25.6. The van der Waals surface area contributed by atoms with Gasteiger partial charge in [0.15, 0.2) is 5.16 Å². The monoisotopic (exact) mass is 499 g/mol. The highest BCUT2D eigenvalue weighted by atomic mass is 32.2. The SMILES string of the molecule is C[C@@H]1CCC[N+]1(C(=O)CSc1nc2ccccc2n1C)C(=O)N(C)c1ccccc1-c1ccccc1. The molecule has 3 amide bonds. The van der Waals surface area contributed by atoms with Crippen molar-refractivity contribution in [3.8, 4) is 11.1 Å². The fourth-order valence-electron chi connectivity index (χ4n) is 5.33. The third-order valence-electron chi connectivity index (χ3n) is 7.38. The van der Waals surface area contributed by atoms with Crippen LogP contribution in [0.25, 0.3) is 22.2 Å². The second kappa shape index (κ2) is 9.91. The molecular weight excluding hydrogens is 468 g/mol. The second-order valence-electron chi connectivity index (χ2n) is 9.43. The quantitative estimate of drug-likeness (QED) is 0.245. The van der Waals surface area contributed by atoms with Crippen molar-refractivity contribution in [3.05, 3.63) is 78.9 Å². The predicted molar refractivity (Wildman–Crippen MR) is 146 cm³/mol. The number of para-hydroxylation sites is 3. The van der Waals surface area contributed by atoms with Gasteiger partial charge in [-0.25, -0.2) is 14.6 Å². The van der Waals surface area contributed by atoms with E-state index in [0.29, 0.717) is 6.54 Å². The van der Waals surface area contributed by atoms with Crippen LogP contribution in [-0.2, 0) is 11.8 Å². The molecular formula is C29H31N4O2S+. The van der Waals surface area contributed by atoms with Crippen LogP contribution in [0.2, 0.25) is 0 Å². The maximum atomic E-state index is 14.2. The van der Waals surface area contributed by atoms with Crippen LogP contribution in [-0.4, -0.2) is 51.4 Å². The van der Waals surface area contributed by atoms with Gasteiger partial charge < -0.3 is 4.57 Å². The van der Waals surface area contributed by atoms with Crippen molar-refractivity contribution in [3.63, 3.8) is 0 Å². The Labute approximate surface area is 216 Å². The van der Waals surface area contributed by atoms with Crippen LogP contribution < -0.4 is 4.90 Å². The number of thioether (sulfide) groups is 1. The molecule has 184 valence electrons. The Hall–Kier alpha value is -3.42. The number of amides is 3. The van der Waals surface area contributed by atoms with Crippen molar-refractivity contribution in [2.45, 2.75) is 31.0 Å². The minimum atomic E-state index is -0.168. The number of aromatic nitrogens is 2. The van der Waals surface area contributed by atoms with E-state index in [2.05, 4.69) is 0 Å². The van der Waals surface area contributed by atoms with Gasteiger partial charge in [0, 0.05) is 32.5 Å². The average Bonchev–Trinajstić information content (AvgIpc) is 3.47. The lowest BCUT2D eigenvalue weighted by atomic mass is 10.0. The zero-order chi connectivity index (χ0) is 25.3. The van der Waals surface area contributed by atoms with Gasteiger partial charge >= 0.3 is 11.9 Å². The summed E-state index contributed by atoms with van der Waals surface area (Å²) >= 11 is 1.41. The molecule has 0 aliphatic carbocycles. The van der Waals surface area contributed by atoms with Crippen molar-refractivity contribution in [2.24, 2.45) is 7.05 Å². The van der Waals surface area contributed by atoms with Crippen LogP contribution >= 0.6 is 11.8 Å². The first kappa shape index (κ1) is 24.3. The summed E-state index contributed by atoms with van der Waals surface area (Å²) in [5, 5.41) is 0.782. The van der Waals surface area contributed by atoms with Crippen LogP contribution in [0.15, 0.2) is 84.0 Å². The fraction of sp³-hybridized carbons (Fsp3) is 0.276. The van der Waals surface area contributed by atoms with Crippen molar-refractivity contribution < 1.29 is 14.1 Å². The van der Waals surface area contributed by atoms with Gasteiger partial charge in [-0.3, -0.25) is 4.90 Å². The molecule has 1 fully saturated rings. The highest BCUT2D eigenvalue weighted by Gasteiger charge is 2.53. The summed E-state index contributed by atoms with van der Waals surface area (Å²) < 4.78 is 1.85. The third kappa shape index (κ3) is 4.12. The first-order valence-electron chi connectivity index (χ1n) is 12.3. The number of hydrogen-bond acceptors (Lipinski definition) is 4. The van der Waals surface area contributed by atoms with Crippen LogP contribution in [0.3, 0.4) is 0 Å². The van der Waals surface area contributed by atoms with Crippen molar-refractivity contribution in [1.29, 1.82) is 0 Å². The number of fused-ring (bicyclic) bond motifs is 1. The molecule has 1 unspecified atom stereocenters. The molecule has 0 spiro atoms. The number of quaternary nitrogens is 1. The van der Waals surface area contributed by atoms with E-state index in [4.69, 9.17) is 4.98 Å². The van der Waals surface area contributed by atoms with E-state index < -0.39 is 0 Å². The number of anilines is 1. The lowest BCUT2D eigenvalue weighted by Gasteiger charge is -2.36. The summed E-state index contributed by atoms with van der Waals surface area (Å²) in [6.45, 7) is 2.55. The lowest BCUT2D eigenvalue weighted by molar-refractivity contribution is -0.782. The van der Waals surface area contributed by atoms with Gasteiger partial charge in [-0.05, 0) is 30.7 Å². The molecule has 0 saturated carbocycles. The maximum absolute atomic E-state index is 14.2. The molecule has 2 atom stereocenters. The number of urea groups is 1. The number of imide groups is 1. The second-order valence-corrected chi connectivity index (χ2v) is 10.4. The van der Waals surface area contributed by atoms with Crippen LogP contribution in [0, 0.1) is 0 Å². The Morgan fingerprint density at radius 1 is 1.03 bits per heavy atom. The van der Waals surface area contributed by atoms with E-state index in [0.717, 1.165) is 45.8 Å². The molecule has 5 rings (SSSR count). The Balaban J connectivity index is 1.43. The van der Waals surface area contributed by atoms with Crippen LogP contribution in [0.5, 0.6) is 0 Å². The number of carbonyl (C=O) groups is 2. The molecule has 6 nitrogen and oxygen atoms in total. The first-order valence-corrected chi connectivity index (χ1v) is 13.3. The summed E-state index contributed by atoms with van der Waals surface area (Å²) in [6.07, 6.45) is 1.70. The molecule has 0 radical (unpaired) electrons. The first-order chi connectivity index (χ1) is 17.4. The van der Waals surface area contributed by atoms with Gasteiger partial charge in [-0.15, -0.1) is 0 Å². The molecule has 1 aliphatic rings. The summed E-state index contributed by atoms with van der Waals surface area (Å²) in [5.74, 6) is 0.132. The number of benzene rings is 3. The van der Waals surface area contributed by atoms with Gasteiger partial charge in [-0.1, -0.05) is 72.4 Å². The fourth-order valence-corrected chi connectivity index (χ4v) is 6.27. The molecule has 0 bridgehead atoms. The zero-order valence-corrected chi connectivity index (χ0v) is 21.7. The van der Waals surface area contributed by atoms with Gasteiger partial charge in [-0.2, -0.15) is 4.48 Å². The number of imidazole rings is 1. The zero-order valence-electron chi connectivity index (χ0n) is 20.9. The highest BCUT2D eigenvalue weighted by molar-refractivity contribution is 7.99. The van der Waals surface area contributed by atoms with E-state index in [1.807, 2.05) is 97.4 Å². The number of likely N-dealkylation sites (tertiary alicyclic amines) is 1. The Kier molecular flexibility index (Phi) is 6.69. The van der Waals surface area contributed by atoms with E-state index in [1.54, 1.807) is 11.9 Å². The molecule has 3 aromatic carbocycles. The summed E-state index contributed by atoms with van der Waals surface area (Å²) in [5.41, 5.74) is 4.75. The van der Waals surface area contributed by atoms with E-state index in [1.165, 1.54) is 11.8 Å². The van der Waals surface area contributed by atoms with Crippen molar-refractivity contribution in [2.75, 3.05) is 24.2 Å². The van der Waals surface area contributed by atoms with E-state index in [-0.39, 0.29) is 28.2 Å². The number of nitrogens with zero attached hydrogens (tertiary/aromatic N) is 4. The van der Waals surface area contributed by atoms with Crippen LogP contribution in [0.1, 0.15) is 19.8 Å². The summed E-state index contributed by atoms with van der Waals surface area (Å²) in [7, 11) is 3.76. The molecule has 1 aromatic heterocycles. The molecule has 1 saturated heterocycles. The number of carbonyl (C=O) groups excluding carboxylic acids is 2. The summed E-state index contributed by atoms with van der Waals surface area (Å²) in [4.78, 5) is 34.4. The Bertz CT molecular complexity index is 1420. The minimum Gasteiger partial charge on any atom is -0.322 e. The third-order valence-corrected chi connectivity index (χ3v) is 8.39. The molecule has 2 heterocycles. The normalized spacial score (nSPS) is 19.5. The molecule has 4 aromatic rings. The van der Waals surface area contributed by atoms with E-state index >= 15 is 0 Å². The number of hydrogen-bond donors (Lipinski definition) is 0. The van der Waals surface area contributed by atoms with Gasteiger partial charge in [0.05, 0.1) is 23.3 Å². The standard InChI is InChI=1S/C29H31N4O2S/c1-21-12-11-19-33(21,27(34)20-36-28-30-24-16-8-10-18-26(24)31(28)2)29(35)32(3)25-17-9-7-15-23(25)22-13-5-4-6-14-22/h4-10,13-18,21H,11-12,19-20H2,1-3H3/q+1/t21-,33?/m1/s1. The van der Waals surface area contributed by atoms with Crippen molar-refractivity contribution >= 4 is 40.4 Å². The smallest absolute Gasteiger partial charge is 0.322 e. The van der Waals surface area contributed by atoms with Gasteiger partial charge in [0.1, 0.15) is 11.8 Å². The molecule has 7 heteroatoms. The largest absolute Gasteiger partial charge is 0.431 e. The Morgan fingerprint density at radius 2 is 1.72 bits per heavy atom. The average molecular weight is 500 g/mol. The van der Waals surface area contributed by atoms with Gasteiger partial charge in [0.25, 0.3) is 0 Å².